The van der Waals surface area contributed by atoms with Gasteiger partial charge in [0.2, 0.25) is 5.91 Å². The molecule has 1 amide bonds. The van der Waals surface area contributed by atoms with Crippen molar-refractivity contribution in [1.29, 1.82) is 0 Å². The molecule has 0 saturated heterocycles. The average Bonchev–Trinajstić information content (AvgIpc) is 2.95. The number of amides is 1. The van der Waals surface area contributed by atoms with Crippen LogP contribution in [0, 0.1) is 10.1 Å². The van der Waals surface area contributed by atoms with Crippen LogP contribution in [0.25, 0.3) is 10.2 Å². The molecule has 7 nitrogen and oxygen atoms in total. The molecule has 110 valence electrons. The normalized spacial score (nSPS) is 10.6. The topological polar surface area (TPSA) is 89.2 Å². The van der Waals surface area contributed by atoms with E-state index in [4.69, 9.17) is 0 Å². The number of anilines is 2. The summed E-state index contributed by atoms with van der Waals surface area (Å²) in [5.41, 5.74) is 3.04. The predicted molar refractivity (Wildman–Crippen MR) is 83.3 cm³/mol. The number of fused-ring (bicyclic) bond motifs is 1. The third-order valence-corrected chi connectivity index (χ3v) is 3.85. The number of thiazole rings is 1. The Labute approximate surface area is 129 Å². The van der Waals surface area contributed by atoms with Gasteiger partial charge >= 0.3 is 0 Å². The van der Waals surface area contributed by atoms with Crippen molar-refractivity contribution in [2.24, 2.45) is 0 Å². The van der Waals surface area contributed by atoms with Crippen LogP contribution in [0.4, 0.5) is 17.2 Å². The summed E-state index contributed by atoms with van der Waals surface area (Å²) >= 11 is 1.46. The van der Waals surface area contributed by atoms with Gasteiger partial charge in [-0.3, -0.25) is 19.8 Å². The minimum absolute atomic E-state index is 0.116. The number of hydrogen-bond acceptors (Lipinski definition) is 6. The number of aromatic nitrogens is 2. The van der Waals surface area contributed by atoms with Crippen molar-refractivity contribution < 1.29 is 9.72 Å². The van der Waals surface area contributed by atoms with E-state index < -0.39 is 4.92 Å². The van der Waals surface area contributed by atoms with E-state index in [1.54, 1.807) is 17.6 Å². The number of rotatable bonds is 3. The van der Waals surface area contributed by atoms with Gasteiger partial charge in [0.25, 0.3) is 5.69 Å². The van der Waals surface area contributed by atoms with Crippen molar-refractivity contribution in [2.75, 3.05) is 4.90 Å². The van der Waals surface area contributed by atoms with Crippen LogP contribution in [0.5, 0.6) is 0 Å². The molecule has 3 aromatic rings. The molecule has 0 radical (unpaired) electrons. The molecule has 2 aromatic heterocycles. The van der Waals surface area contributed by atoms with Gasteiger partial charge in [0.05, 0.1) is 32.4 Å². The first-order chi connectivity index (χ1) is 10.6. The zero-order valence-electron chi connectivity index (χ0n) is 11.5. The molecule has 0 bridgehead atoms. The minimum atomic E-state index is -0.518. The Kier molecular flexibility index (Phi) is 3.51. The Morgan fingerprint density at radius 1 is 1.27 bits per heavy atom. The predicted octanol–water partition coefficient (Wildman–Crippen LogP) is 3.28. The highest BCUT2D eigenvalue weighted by atomic mass is 32.1. The molecule has 0 N–H and O–H groups in total. The number of hydrogen-bond donors (Lipinski definition) is 0. The fourth-order valence-corrected chi connectivity index (χ4v) is 2.81. The van der Waals surface area contributed by atoms with E-state index in [0.29, 0.717) is 5.69 Å². The van der Waals surface area contributed by atoms with Crippen molar-refractivity contribution in [1.82, 2.24) is 9.97 Å². The highest BCUT2D eigenvalue weighted by Crippen LogP contribution is 2.30. The van der Waals surface area contributed by atoms with Gasteiger partial charge in [-0.1, -0.05) is 0 Å². The second-order valence-corrected chi connectivity index (χ2v) is 5.37. The third kappa shape index (κ3) is 2.51. The van der Waals surface area contributed by atoms with Crippen LogP contribution in [0.2, 0.25) is 0 Å². The number of carbonyl (C=O) groups excluding carboxylic acids is 1. The van der Waals surface area contributed by atoms with Crippen molar-refractivity contribution in [3.8, 4) is 0 Å². The van der Waals surface area contributed by atoms with Gasteiger partial charge in [0.15, 0.2) is 0 Å². The lowest BCUT2D eigenvalue weighted by Crippen LogP contribution is -2.23. The van der Waals surface area contributed by atoms with Crippen LogP contribution in [0.3, 0.4) is 0 Å². The maximum Gasteiger partial charge on any atom is 0.274 e. The second-order valence-electron chi connectivity index (χ2n) is 4.49. The van der Waals surface area contributed by atoms with E-state index in [9.17, 15) is 14.9 Å². The summed E-state index contributed by atoms with van der Waals surface area (Å²) in [5, 5.41) is 10.9. The molecule has 0 saturated carbocycles. The zero-order valence-corrected chi connectivity index (χ0v) is 12.3. The quantitative estimate of drug-likeness (QED) is 0.546. The molecule has 0 aliphatic carbocycles. The van der Waals surface area contributed by atoms with Gasteiger partial charge in [0, 0.05) is 19.2 Å². The van der Waals surface area contributed by atoms with Crippen LogP contribution in [0.15, 0.2) is 42.0 Å². The summed E-state index contributed by atoms with van der Waals surface area (Å²) in [5.74, 6) is -0.0672. The van der Waals surface area contributed by atoms with Crippen LogP contribution >= 0.6 is 11.3 Å². The first kappa shape index (κ1) is 14.1. The molecule has 22 heavy (non-hydrogen) atoms. The number of carbonyl (C=O) groups is 1. The molecular formula is C14H10N4O3S. The molecule has 0 aliphatic heterocycles. The smallest absolute Gasteiger partial charge is 0.274 e. The number of nitrogens with zero attached hydrogens (tertiary/aromatic N) is 4. The van der Waals surface area contributed by atoms with Crippen molar-refractivity contribution in [3.63, 3.8) is 0 Å². The highest BCUT2D eigenvalue weighted by molar-refractivity contribution is 7.16. The number of benzene rings is 1. The highest BCUT2D eigenvalue weighted by Gasteiger charge is 2.19. The summed E-state index contributed by atoms with van der Waals surface area (Å²) in [6.45, 7) is 1.39. The summed E-state index contributed by atoms with van der Waals surface area (Å²) in [4.78, 5) is 32.0. The summed E-state index contributed by atoms with van der Waals surface area (Å²) in [6.07, 6.45) is 1.31. The Hall–Kier alpha value is -2.87. The number of nitro groups is 1. The maximum atomic E-state index is 12.0. The van der Waals surface area contributed by atoms with Crippen molar-refractivity contribution >= 4 is 44.7 Å². The van der Waals surface area contributed by atoms with E-state index in [2.05, 4.69) is 9.97 Å². The third-order valence-electron chi connectivity index (χ3n) is 3.06. The number of pyridine rings is 1. The van der Waals surface area contributed by atoms with E-state index in [-0.39, 0.29) is 17.4 Å². The molecule has 0 fully saturated rings. The van der Waals surface area contributed by atoms with Gasteiger partial charge in [0.1, 0.15) is 5.82 Å². The van der Waals surface area contributed by atoms with E-state index in [1.165, 1.54) is 41.5 Å². The van der Waals surface area contributed by atoms with E-state index >= 15 is 0 Å². The molecule has 8 heteroatoms. The largest absolute Gasteiger partial charge is 0.274 e. The molecule has 2 heterocycles. The lowest BCUT2D eigenvalue weighted by Gasteiger charge is -2.19. The molecule has 0 atom stereocenters. The van der Waals surface area contributed by atoms with Gasteiger partial charge in [-0.15, -0.1) is 11.3 Å². The molecule has 0 unspecified atom stereocenters. The lowest BCUT2D eigenvalue weighted by atomic mass is 10.2. The Morgan fingerprint density at radius 3 is 2.82 bits per heavy atom. The van der Waals surface area contributed by atoms with E-state index in [0.717, 1.165) is 10.2 Å². The first-order valence-electron chi connectivity index (χ1n) is 6.30. The lowest BCUT2D eigenvalue weighted by molar-refractivity contribution is -0.384. The Balaban J connectivity index is 2.11. The molecular weight excluding hydrogens is 304 g/mol. The second kappa shape index (κ2) is 5.49. The Bertz CT molecular complexity index is 877. The van der Waals surface area contributed by atoms with Crippen LogP contribution in [0.1, 0.15) is 6.92 Å². The zero-order chi connectivity index (χ0) is 15.7. The van der Waals surface area contributed by atoms with Crippen molar-refractivity contribution in [3.05, 3.63) is 52.2 Å². The van der Waals surface area contributed by atoms with Crippen LogP contribution < -0.4 is 4.90 Å². The fraction of sp³-hybridized carbons (Fsp3) is 0.0714. The maximum absolute atomic E-state index is 12.0. The first-order valence-corrected chi connectivity index (χ1v) is 7.18. The van der Waals surface area contributed by atoms with Crippen LogP contribution in [-0.2, 0) is 4.79 Å². The van der Waals surface area contributed by atoms with Crippen molar-refractivity contribution in [2.45, 2.75) is 6.92 Å². The summed E-state index contributed by atoms with van der Waals surface area (Å²) < 4.78 is 0.925. The summed E-state index contributed by atoms with van der Waals surface area (Å²) in [7, 11) is 0. The SMILES string of the molecule is CC(=O)N(c1ccc2ncsc2c1)c1cc([N+](=O)[O-])ccn1. The van der Waals surface area contributed by atoms with E-state index in [1.807, 2.05) is 6.07 Å². The van der Waals surface area contributed by atoms with Crippen LogP contribution in [-0.4, -0.2) is 20.8 Å². The average molecular weight is 314 g/mol. The van der Waals surface area contributed by atoms with Gasteiger partial charge in [-0.2, -0.15) is 0 Å². The molecule has 0 spiro atoms. The Morgan fingerprint density at radius 2 is 2.09 bits per heavy atom. The van der Waals surface area contributed by atoms with Gasteiger partial charge < -0.3 is 0 Å². The standard InChI is InChI=1S/C14H10N4O3S/c1-9(19)17(14-7-11(18(20)21)4-5-15-14)10-2-3-12-13(6-10)22-8-16-12/h2-8H,1H3. The molecule has 0 aliphatic rings. The fourth-order valence-electron chi connectivity index (χ4n) is 2.10. The molecule has 3 rings (SSSR count). The molecule has 1 aromatic carbocycles. The van der Waals surface area contributed by atoms with Gasteiger partial charge in [-0.25, -0.2) is 9.97 Å². The summed E-state index contributed by atoms with van der Waals surface area (Å²) in [6, 6.07) is 7.92. The van der Waals surface area contributed by atoms with Gasteiger partial charge in [-0.05, 0) is 18.2 Å². The monoisotopic (exact) mass is 314 g/mol. The minimum Gasteiger partial charge on any atom is -0.274 e.